The average Bonchev–Trinajstić information content (AvgIpc) is 3.58. The fourth-order valence-corrected chi connectivity index (χ4v) is 4.75. The lowest BCUT2D eigenvalue weighted by molar-refractivity contribution is -0.146. The van der Waals surface area contributed by atoms with Gasteiger partial charge in [0.05, 0.1) is 48.6 Å². The average molecular weight is 432 g/mol. The first kappa shape index (κ1) is 19.2. The molecule has 1 fully saturated rings. The summed E-state index contributed by atoms with van der Waals surface area (Å²) in [4.78, 5) is 43.2. The van der Waals surface area contributed by atoms with Gasteiger partial charge in [-0.1, -0.05) is 0 Å². The second-order valence-corrected chi connectivity index (χ2v) is 8.57. The van der Waals surface area contributed by atoms with E-state index in [1.807, 2.05) is 12.1 Å². The Kier molecular flexibility index (Phi) is 4.04. The number of aliphatic hydroxyl groups excluding tert-OH is 1. The van der Waals surface area contributed by atoms with Gasteiger partial charge in [0, 0.05) is 22.4 Å². The Hall–Kier alpha value is -3.52. The van der Waals surface area contributed by atoms with Crippen molar-refractivity contribution in [2.24, 2.45) is 5.92 Å². The van der Waals surface area contributed by atoms with Crippen molar-refractivity contribution in [2.75, 3.05) is 7.11 Å². The Labute approximate surface area is 182 Å². The van der Waals surface area contributed by atoms with Crippen molar-refractivity contribution in [3.63, 3.8) is 0 Å². The fourth-order valence-electron chi connectivity index (χ4n) is 4.75. The van der Waals surface area contributed by atoms with Gasteiger partial charge in [0.15, 0.2) is 5.78 Å². The van der Waals surface area contributed by atoms with E-state index in [9.17, 15) is 19.5 Å². The van der Waals surface area contributed by atoms with E-state index in [4.69, 9.17) is 14.5 Å². The Bertz CT molecular complexity index is 1400. The number of aromatic nitrogens is 2. The van der Waals surface area contributed by atoms with Crippen molar-refractivity contribution in [1.82, 2.24) is 9.55 Å². The van der Waals surface area contributed by atoms with Gasteiger partial charge >= 0.3 is 5.97 Å². The van der Waals surface area contributed by atoms with E-state index in [1.165, 1.54) is 0 Å². The zero-order chi connectivity index (χ0) is 22.1. The molecule has 1 aliphatic carbocycles. The molecule has 3 aliphatic rings. The molecule has 2 aromatic heterocycles. The van der Waals surface area contributed by atoms with E-state index < -0.39 is 12.1 Å². The monoisotopic (exact) mass is 432 g/mol. The van der Waals surface area contributed by atoms with Gasteiger partial charge in [-0.05, 0) is 42.7 Å². The number of cyclic esters (lactones) is 1. The third-order valence-electron chi connectivity index (χ3n) is 6.58. The van der Waals surface area contributed by atoms with Crippen molar-refractivity contribution in [3.8, 4) is 17.1 Å². The molecule has 0 bridgehead atoms. The van der Waals surface area contributed by atoms with Gasteiger partial charge in [0.2, 0.25) is 0 Å². The largest absolute Gasteiger partial charge is 0.497 e. The van der Waals surface area contributed by atoms with Crippen LogP contribution in [0, 0.1) is 5.92 Å². The number of aliphatic hydroxyl groups is 1. The SMILES string of the molecule is COc1ccc2nc3c(c(C(=O)C4CC4)c2c1)Cn1c-3cc2c(c1=O)COC(=O)C[C@@H]2O. The maximum Gasteiger partial charge on any atom is 0.309 e. The molecular formula is C24H20N2O6. The molecule has 8 heteroatoms. The highest BCUT2D eigenvalue weighted by Gasteiger charge is 2.37. The van der Waals surface area contributed by atoms with E-state index in [0.717, 1.165) is 18.2 Å². The quantitative estimate of drug-likeness (QED) is 0.391. The number of rotatable bonds is 3. The standard InChI is InChI=1S/C24H20N2O6/c1-31-12-4-5-17-14(6-12)21(23(29)11-2-3-11)15-9-26-18(22(15)25-17)7-13-16(24(26)30)10-32-20(28)8-19(13)27/h4-7,11,19,27H,2-3,8-10H2,1H3/t19-/m0/s1. The highest BCUT2D eigenvalue weighted by Crippen LogP contribution is 2.42. The number of Topliss-reactive ketones (excluding diaryl/α,β-unsaturated/α-hetero) is 1. The number of hydrogen-bond acceptors (Lipinski definition) is 7. The molecular weight excluding hydrogens is 412 g/mol. The molecule has 6 rings (SSSR count). The van der Waals surface area contributed by atoms with Crippen LogP contribution in [0.25, 0.3) is 22.3 Å². The molecule has 0 radical (unpaired) electrons. The molecule has 1 atom stereocenters. The number of hydrogen-bond donors (Lipinski definition) is 1. The highest BCUT2D eigenvalue weighted by molar-refractivity contribution is 6.12. The minimum absolute atomic E-state index is 0.00529. The van der Waals surface area contributed by atoms with E-state index in [-0.39, 0.29) is 42.4 Å². The number of ketones is 1. The van der Waals surface area contributed by atoms with Crippen LogP contribution in [0.5, 0.6) is 5.75 Å². The van der Waals surface area contributed by atoms with Crippen molar-refractivity contribution in [3.05, 3.63) is 56.9 Å². The first-order chi connectivity index (χ1) is 15.5. The van der Waals surface area contributed by atoms with Crippen LogP contribution in [-0.4, -0.2) is 33.5 Å². The summed E-state index contributed by atoms with van der Waals surface area (Å²) in [6.07, 6.45) is 0.388. The van der Waals surface area contributed by atoms with Crippen LogP contribution in [0.1, 0.15) is 52.4 Å². The fraction of sp³-hybridized carbons (Fsp3) is 0.333. The number of benzene rings is 1. The highest BCUT2D eigenvalue weighted by atomic mass is 16.5. The summed E-state index contributed by atoms with van der Waals surface area (Å²) in [7, 11) is 1.57. The Morgan fingerprint density at radius 2 is 2.03 bits per heavy atom. The molecule has 1 saturated carbocycles. The lowest BCUT2D eigenvalue weighted by Gasteiger charge is -2.13. The minimum atomic E-state index is -1.13. The van der Waals surface area contributed by atoms with Crippen LogP contribution >= 0.6 is 0 Å². The molecule has 0 amide bonds. The molecule has 1 aromatic carbocycles. The lowest BCUT2D eigenvalue weighted by atomic mass is 9.94. The number of fused-ring (bicyclic) bond motifs is 5. The van der Waals surface area contributed by atoms with Gasteiger partial charge in [-0.15, -0.1) is 0 Å². The minimum Gasteiger partial charge on any atom is -0.497 e. The summed E-state index contributed by atoms with van der Waals surface area (Å²) < 4.78 is 12.0. The number of pyridine rings is 2. The second kappa shape index (κ2) is 6.74. The number of esters is 1. The molecule has 3 aromatic rings. The third kappa shape index (κ3) is 2.72. The Balaban J connectivity index is 1.63. The van der Waals surface area contributed by atoms with Crippen LogP contribution in [0.2, 0.25) is 0 Å². The lowest BCUT2D eigenvalue weighted by Crippen LogP contribution is -2.25. The van der Waals surface area contributed by atoms with Crippen LogP contribution in [0.15, 0.2) is 29.1 Å². The van der Waals surface area contributed by atoms with Crippen LogP contribution in [0.4, 0.5) is 0 Å². The van der Waals surface area contributed by atoms with Crippen LogP contribution in [0.3, 0.4) is 0 Å². The summed E-state index contributed by atoms with van der Waals surface area (Å²) in [5, 5.41) is 11.3. The van der Waals surface area contributed by atoms with Gasteiger partial charge in [-0.2, -0.15) is 0 Å². The van der Waals surface area contributed by atoms with E-state index in [2.05, 4.69) is 0 Å². The van der Waals surface area contributed by atoms with Gasteiger partial charge in [0.25, 0.3) is 5.56 Å². The molecule has 4 heterocycles. The summed E-state index contributed by atoms with van der Waals surface area (Å²) in [5.41, 5.74) is 3.37. The smallest absolute Gasteiger partial charge is 0.309 e. The molecule has 1 N–H and O–H groups in total. The maximum absolute atomic E-state index is 13.4. The first-order valence-electron chi connectivity index (χ1n) is 10.6. The predicted molar refractivity (Wildman–Crippen MR) is 114 cm³/mol. The predicted octanol–water partition coefficient (Wildman–Crippen LogP) is 2.51. The van der Waals surface area contributed by atoms with Gasteiger partial charge in [-0.25, -0.2) is 4.98 Å². The van der Waals surface area contributed by atoms with E-state index in [0.29, 0.717) is 39.3 Å². The van der Waals surface area contributed by atoms with Crippen molar-refractivity contribution in [2.45, 2.75) is 38.5 Å². The van der Waals surface area contributed by atoms with Crippen molar-refractivity contribution in [1.29, 1.82) is 0 Å². The molecule has 32 heavy (non-hydrogen) atoms. The first-order valence-corrected chi connectivity index (χ1v) is 10.6. The molecule has 0 unspecified atom stereocenters. The van der Waals surface area contributed by atoms with Crippen molar-refractivity contribution < 1.29 is 24.2 Å². The maximum atomic E-state index is 13.4. The Morgan fingerprint density at radius 3 is 2.78 bits per heavy atom. The number of methoxy groups -OCH3 is 1. The van der Waals surface area contributed by atoms with Crippen molar-refractivity contribution >= 4 is 22.7 Å². The van der Waals surface area contributed by atoms with E-state index in [1.54, 1.807) is 23.8 Å². The topological polar surface area (TPSA) is 108 Å². The number of carbonyl (C=O) groups excluding carboxylic acids is 2. The zero-order valence-corrected chi connectivity index (χ0v) is 17.4. The van der Waals surface area contributed by atoms with Gasteiger partial charge in [-0.3, -0.25) is 14.4 Å². The summed E-state index contributed by atoms with van der Waals surface area (Å²) in [6.45, 7) is 0.0237. The Morgan fingerprint density at radius 1 is 1.22 bits per heavy atom. The molecule has 8 nitrogen and oxygen atoms in total. The number of nitrogens with zero attached hydrogens (tertiary/aromatic N) is 2. The normalized spacial score (nSPS) is 19.1. The summed E-state index contributed by atoms with van der Waals surface area (Å²) in [6, 6.07) is 7.13. The van der Waals surface area contributed by atoms with E-state index >= 15 is 0 Å². The van der Waals surface area contributed by atoms with Gasteiger partial charge < -0.3 is 19.1 Å². The molecule has 0 saturated heterocycles. The second-order valence-electron chi connectivity index (χ2n) is 8.57. The van der Waals surface area contributed by atoms with Gasteiger partial charge in [0.1, 0.15) is 12.4 Å². The molecule has 162 valence electrons. The number of carbonyl (C=O) groups is 2. The molecule has 2 aliphatic heterocycles. The third-order valence-corrected chi connectivity index (χ3v) is 6.58. The number of ether oxygens (including phenoxy) is 2. The molecule has 0 spiro atoms. The zero-order valence-electron chi connectivity index (χ0n) is 17.4. The summed E-state index contributed by atoms with van der Waals surface area (Å²) >= 11 is 0. The van der Waals surface area contributed by atoms with Crippen LogP contribution < -0.4 is 10.3 Å². The summed E-state index contributed by atoms with van der Waals surface area (Å²) in [5.74, 6) is 0.148. The van der Waals surface area contributed by atoms with Crippen LogP contribution in [-0.2, 0) is 22.7 Å².